The van der Waals surface area contributed by atoms with Crippen molar-refractivity contribution in [1.29, 1.82) is 0 Å². The third kappa shape index (κ3) is 4.93. The van der Waals surface area contributed by atoms with E-state index in [1.165, 1.54) is 5.56 Å². The zero-order valence-corrected chi connectivity index (χ0v) is 13.0. The van der Waals surface area contributed by atoms with E-state index in [4.69, 9.17) is 0 Å². The Labute approximate surface area is 116 Å². The van der Waals surface area contributed by atoms with Crippen LogP contribution in [0.25, 0.3) is 0 Å². The molecule has 0 radical (unpaired) electrons. The van der Waals surface area contributed by atoms with Gasteiger partial charge in [-0.15, -0.1) is 0 Å². The van der Waals surface area contributed by atoms with Gasteiger partial charge >= 0.3 is 0 Å². The fraction of sp³-hybridized carbons (Fsp3) is 0.571. The summed E-state index contributed by atoms with van der Waals surface area (Å²) in [7, 11) is 0.442. The molecule has 19 heavy (non-hydrogen) atoms. The summed E-state index contributed by atoms with van der Waals surface area (Å²) in [6.45, 7) is 5.36. The van der Waals surface area contributed by atoms with E-state index in [1.807, 2.05) is 31.1 Å². The van der Waals surface area contributed by atoms with E-state index in [2.05, 4.69) is 18.6 Å². The van der Waals surface area contributed by atoms with Crippen molar-refractivity contribution in [3.05, 3.63) is 29.8 Å². The first kappa shape index (κ1) is 16.1. The molecule has 1 N–H and O–H groups in total. The Morgan fingerprint density at radius 1 is 1.21 bits per heavy atom. The van der Waals surface area contributed by atoms with Gasteiger partial charge in [0.15, 0.2) is 0 Å². The van der Waals surface area contributed by atoms with E-state index < -0.39 is 10.0 Å². The molecule has 0 saturated heterocycles. The molecule has 0 bridgehead atoms. The lowest BCUT2D eigenvalue weighted by Crippen LogP contribution is -2.31. The summed E-state index contributed by atoms with van der Waals surface area (Å²) in [6, 6.07) is 7.16. The van der Waals surface area contributed by atoms with Crippen molar-refractivity contribution >= 4 is 10.0 Å². The van der Waals surface area contributed by atoms with Gasteiger partial charge in [0, 0.05) is 13.1 Å². The number of likely N-dealkylation sites (N-methyl/N-ethyl adjacent to an activating group) is 1. The molecule has 4 nitrogen and oxygen atoms in total. The summed E-state index contributed by atoms with van der Waals surface area (Å²) in [6.07, 6.45) is 1.05. The summed E-state index contributed by atoms with van der Waals surface area (Å²) >= 11 is 0. The Balaban J connectivity index is 2.73. The van der Waals surface area contributed by atoms with Crippen molar-refractivity contribution in [2.75, 3.05) is 27.2 Å². The predicted molar refractivity (Wildman–Crippen MR) is 78.9 cm³/mol. The summed E-state index contributed by atoms with van der Waals surface area (Å²) in [5.74, 6) is 0.457. The van der Waals surface area contributed by atoms with E-state index in [9.17, 15) is 8.42 Å². The molecule has 0 aliphatic heterocycles. The molecular weight excluding hydrogens is 260 g/mol. The van der Waals surface area contributed by atoms with Crippen LogP contribution in [0.15, 0.2) is 29.2 Å². The number of sulfonamides is 1. The average molecular weight is 284 g/mol. The second kappa shape index (κ2) is 7.03. The zero-order chi connectivity index (χ0) is 14.5. The maximum absolute atomic E-state index is 12.0. The van der Waals surface area contributed by atoms with E-state index >= 15 is 0 Å². The van der Waals surface area contributed by atoms with E-state index in [-0.39, 0.29) is 0 Å². The van der Waals surface area contributed by atoms with Crippen molar-refractivity contribution in [2.45, 2.75) is 31.1 Å². The van der Waals surface area contributed by atoms with Gasteiger partial charge in [-0.2, -0.15) is 0 Å². The fourth-order valence-electron chi connectivity index (χ4n) is 1.70. The first-order chi connectivity index (χ1) is 8.86. The molecule has 5 heteroatoms. The number of benzene rings is 1. The van der Waals surface area contributed by atoms with Crippen LogP contribution in [0.2, 0.25) is 0 Å². The van der Waals surface area contributed by atoms with Crippen LogP contribution in [0.1, 0.15) is 31.7 Å². The van der Waals surface area contributed by atoms with Gasteiger partial charge in [0.1, 0.15) is 0 Å². The highest BCUT2D eigenvalue weighted by Crippen LogP contribution is 2.20. The third-order valence-electron chi connectivity index (χ3n) is 3.22. The molecule has 0 fully saturated rings. The fourth-order valence-corrected chi connectivity index (χ4v) is 2.72. The monoisotopic (exact) mass is 284 g/mol. The first-order valence-corrected chi connectivity index (χ1v) is 8.09. The average Bonchev–Trinajstić information content (AvgIpc) is 2.37. The van der Waals surface area contributed by atoms with Crippen LogP contribution >= 0.6 is 0 Å². The molecule has 0 aliphatic rings. The number of rotatable bonds is 7. The lowest BCUT2D eigenvalue weighted by atomic mass is 9.99. The molecule has 0 unspecified atom stereocenters. The zero-order valence-electron chi connectivity index (χ0n) is 12.2. The highest BCUT2D eigenvalue weighted by atomic mass is 32.2. The van der Waals surface area contributed by atoms with E-state index in [1.54, 1.807) is 12.1 Å². The topological polar surface area (TPSA) is 49.4 Å². The molecule has 1 rings (SSSR count). The molecule has 0 spiro atoms. The van der Waals surface area contributed by atoms with Gasteiger partial charge in [0.2, 0.25) is 10.0 Å². The summed E-state index contributed by atoms with van der Waals surface area (Å²) in [4.78, 5) is 2.27. The Kier molecular flexibility index (Phi) is 5.97. The molecule has 108 valence electrons. The molecule has 0 saturated carbocycles. The van der Waals surface area contributed by atoms with Crippen LogP contribution in [0.4, 0.5) is 0 Å². The molecule has 1 atom stereocenters. The van der Waals surface area contributed by atoms with Crippen LogP contribution in [0.3, 0.4) is 0 Å². The van der Waals surface area contributed by atoms with Crippen molar-refractivity contribution in [1.82, 2.24) is 9.62 Å². The Morgan fingerprint density at radius 2 is 1.79 bits per heavy atom. The van der Waals surface area contributed by atoms with Gasteiger partial charge in [-0.25, -0.2) is 13.1 Å². The molecule has 0 heterocycles. The summed E-state index contributed by atoms with van der Waals surface area (Å²) in [5.41, 5.74) is 1.18. The summed E-state index contributed by atoms with van der Waals surface area (Å²) < 4.78 is 26.7. The molecule has 0 amide bonds. The maximum Gasteiger partial charge on any atom is 0.240 e. The molecular formula is C14H24N2O2S. The molecule has 0 aliphatic carbocycles. The first-order valence-electron chi connectivity index (χ1n) is 6.61. The predicted octanol–water partition coefficient (Wildman–Crippen LogP) is 2.04. The Bertz CT molecular complexity index is 481. The maximum atomic E-state index is 12.0. The SMILES string of the molecule is CC[C@H](C)c1ccc(S(=O)(=O)NCCN(C)C)cc1. The van der Waals surface area contributed by atoms with E-state index in [0.29, 0.717) is 23.9 Å². The van der Waals surface area contributed by atoms with Crippen LogP contribution in [-0.4, -0.2) is 40.5 Å². The van der Waals surface area contributed by atoms with Crippen molar-refractivity contribution in [3.63, 3.8) is 0 Å². The largest absolute Gasteiger partial charge is 0.308 e. The van der Waals surface area contributed by atoms with Crippen LogP contribution in [0.5, 0.6) is 0 Å². The number of hydrogen-bond donors (Lipinski definition) is 1. The molecule has 1 aromatic carbocycles. The van der Waals surface area contributed by atoms with E-state index in [0.717, 1.165) is 6.42 Å². The second-order valence-electron chi connectivity index (χ2n) is 5.08. The quantitative estimate of drug-likeness (QED) is 0.833. The summed E-state index contributed by atoms with van der Waals surface area (Å²) in [5, 5.41) is 0. The number of nitrogens with zero attached hydrogens (tertiary/aromatic N) is 1. The van der Waals surface area contributed by atoms with Gasteiger partial charge in [-0.05, 0) is 44.1 Å². The van der Waals surface area contributed by atoms with Crippen molar-refractivity contribution in [2.24, 2.45) is 0 Å². The van der Waals surface area contributed by atoms with Crippen molar-refractivity contribution < 1.29 is 8.42 Å². The third-order valence-corrected chi connectivity index (χ3v) is 4.70. The van der Waals surface area contributed by atoms with Gasteiger partial charge in [0.25, 0.3) is 0 Å². The smallest absolute Gasteiger partial charge is 0.240 e. The van der Waals surface area contributed by atoms with Gasteiger partial charge in [-0.1, -0.05) is 26.0 Å². The Morgan fingerprint density at radius 3 is 2.26 bits per heavy atom. The second-order valence-corrected chi connectivity index (χ2v) is 6.85. The van der Waals surface area contributed by atoms with Crippen LogP contribution in [0, 0.1) is 0 Å². The minimum Gasteiger partial charge on any atom is -0.308 e. The standard InChI is InChI=1S/C14H24N2O2S/c1-5-12(2)13-6-8-14(9-7-13)19(17,18)15-10-11-16(3)4/h6-9,12,15H,5,10-11H2,1-4H3/t12-/m0/s1. The highest BCUT2D eigenvalue weighted by Gasteiger charge is 2.13. The van der Waals surface area contributed by atoms with Gasteiger partial charge in [0.05, 0.1) is 4.90 Å². The van der Waals surface area contributed by atoms with Crippen LogP contribution < -0.4 is 4.72 Å². The lowest BCUT2D eigenvalue weighted by Gasteiger charge is -2.12. The lowest BCUT2D eigenvalue weighted by molar-refractivity contribution is 0.412. The van der Waals surface area contributed by atoms with Crippen LogP contribution in [-0.2, 0) is 10.0 Å². The van der Waals surface area contributed by atoms with Gasteiger partial charge < -0.3 is 4.90 Å². The minimum absolute atomic E-state index is 0.332. The molecule has 0 aromatic heterocycles. The minimum atomic E-state index is -3.38. The highest BCUT2D eigenvalue weighted by molar-refractivity contribution is 7.89. The Hall–Kier alpha value is -0.910. The van der Waals surface area contributed by atoms with Gasteiger partial charge in [-0.3, -0.25) is 0 Å². The number of nitrogens with one attached hydrogen (secondary N) is 1. The van der Waals surface area contributed by atoms with Crippen molar-refractivity contribution in [3.8, 4) is 0 Å². The number of hydrogen-bond acceptors (Lipinski definition) is 3. The molecule has 1 aromatic rings. The normalized spacial score (nSPS) is 13.7.